The van der Waals surface area contributed by atoms with Crippen molar-refractivity contribution in [2.45, 2.75) is 6.92 Å². The number of hydrogen-bond donors (Lipinski definition) is 1. The van der Waals surface area contributed by atoms with Crippen LogP contribution in [0.2, 0.25) is 0 Å². The Balaban J connectivity index is 2.31. The van der Waals surface area contributed by atoms with Crippen LogP contribution < -0.4 is 0 Å². The molecule has 0 saturated carbocycles. The molecule has 0 bridgehead atoms. The highest BCUT2D eigenvalue weighted by molar-refractivity contribution is 5.96. The van der Waals surface area contributed by atoms with E-state index in [2.05, 4.69) is 66.6 Å². The lowest BCUT2D eigenvalue weighted by Gasteiger charge is -2.03. The minimum atomic E-state index is 1.20. The van der Waals surface area contributed by atoms with Crippen molar-refractivity contribution in [2.24, 2.45) is 0 Å². The minimum Gasteiger partial charge on any atom is -0.365 e. The number of fused-ring (bicyclic) bond motifs is 1. The first-order chi connectivity index (χ1) is 7.84. The molecule has 16 heavy (non-hydrogen) atoms. The maximum atomic E-state index is 3.23. The molecule has 0 amide bonds. The van der Waals surface area contributed by atoms with Gasteiger partial charge in [0.1, 0.15) is 0 Å². The predicted molar refractivity (Wildman–Crippen MR) is 68.5 cm³/mol. The van der Waals surface area contributed by atoms with Crippen LogP contribution in [0.4, 0.5) is 0 Å². The molecule has 0 aliphatic heterocycles. The number of nitrogens with one attached hydrogen (secondary N) is 1. The van der Waals surface area contributed by atoms with Gasteiger partial charge in [-0.05, 0) is 34.9 Å². The van der Waals surface area contributed by atoms with E-state index in [1.807, 2.05) is 0 Å². The molecule has 3 rings (SSSR count). The minimum absolute atomic E-state index is 1.20. The molecule has 1 nitrogen and oxygen atoms in total. The Labute approximate surface area is 94.7 Å². The van der Waals surface area contributed by atoms with E-state index in [4.69, 9.17) is 0 Å². The van der Waals surface area contributed by atoms with Crippen LogP contribution in [0, 0.1) is 6.92 Å². The van der Waals surface area contributed by atoms with Crippen molar-refractivity contribution >= 4 is 10.8 Å². The van der Waals surface area contributed by atoms with Gasteiger partial charge in [0.15, 0.2) is 0 Å². The summed E-state index contributed by atoms with van der Waals surface area (Å²) < 4.78 is 0. The van der Waals surface area contributed by atoms with Crippen LogP contribution in [-0.4, -0.2) is 4.98 Å². The van der Waals surface area contributed by atoms with Gasteiger partial charge in [0.2, 0.25) is 0 Å². The van der Waals surface area contributed by atoms with Crippen molar-refractivity contribution < 1.29 is 0 Å². The second-order valence-corrected chi connectivity index (χ2v) is 4.10. The Kier molecular flexibility index (Phi) is 2.03. The van der Waals surface area contributed by atoms with Gasteiger partial charge in [0, 0.05) is 11.9 Å². The smallest absolute Gasteiger partial charge is 0.0121 e. The standard InChI is InChI=1S/C15H13N/c1-11-9-13(10-16-11)15-8-4-6-12-5-2-3-7-14(12)15/h2-10,16H,1H3. The molecule has 0 saturated heterocycles. The quantitative estimate of drug-likeness (QED) is 0.617. The second kappa shape index (κ2) is 3.53. The zero-order valence-corrected chi connectivity index (χ0v) is 9.20. The zero-order chi connectivity index (χ0) is 11.0. The van der Waals surface area contributed by atoms with Crippen LogP contribution in [0.1, 0.15) is 5.69 Å². The summed E-state index contributed by atoms with van der Waals surface area (Å²) >= 11 is 0. The molecule has 0 radical (unpaired) electrons. The van der Waals surface area contributed by atoms with Crippen LogP contribution in [-0.2, 0) is 0 Å². The molecule has 1 aromatic heterocycles. The van der Waals surface area contributed by atoms with E-state index in [9.17, 15) is 0 Å². The first-order valence-corrected chi connectivity index (χ1v) is 5.48. The summed E-state index contributed by atoms with van der Waals surface area (Å²) in [4.78, 5) is 3.23. The van der Waals surface area contributed by atoms with Crippen molar-refractivity contribution in [3.05, 3.63) is 60.4 Å². The summed E-state index contributed by atoms with van der Waals surface area (Å²) in [6.45, 7) is 2.08. The Morgan fingerprint density at radius 1 is 0.938 bits per heavy atom. The average Bonchev–Trinajstić information content (AvgIpc) is 2.75. The molecule has 0 fully saturated rings. The lowest BCUT2D eigenvalue weighted by molar-refractivity contribution is 1.27. The van der Waals surface area contributed by atoms with E-state index >= 15 is 0 Å². The fraction of sp³-hybridized carbons (Fsp3) is 0.0667. The van der Waals surface area contributed by atoms with Crippen molar-refractivity contribution in [1.29, 1.82) is 0 Å². The van der Waals surface area contributed by atoms with Gasteiger partial charge in [-0.25, -0.2) is 0 Å². The van der Waals surface area contributed by atoms with E-state index in [0.29, 0.717) is 0 Å². The van der Waals surface area contributed by atoms with Crippen LogP contribution in [0.25, 0.3) is 21.9 Å². The Morgan fingerprint density at radius 3 is 2.56 bits per heavy atom. The van der Waals surface area contributed by atoms with E-state index < -0.39 is 0 Å². The van der Waals surface area contributed by atoms with Gasteiger partial charge in [-0.15, -0.1) is 0 Å². The van der Waals surface area contributed by atoms with Gasteiger partial charge in [-0.3, -0.25) is 0 Å². The van der Waals surface area contributed by atoms with Crippen LogP contribution in [0.5, 0.6) is 0 Å². The molecule has 1 N–H and O–H groups in total. The lowest BCUT2D eigenvalue weighted by atomic mass is 10.0. The van der Waals surface area contributed by atoms with Gasteiger partial charge >= 0.3 is 0 Å². The summed E-state index contributed by atoms with van der Waals surface area (Å²) in [5, 5.41) is 2.60. The van der Waals surface area contributed by atoms with Gasteiger partial charge in [0.25, 0.3) is 0 Å². The summed E-state index contributed by atoms with van der Waals surface area (Å²) in [6.07, 6.45) is 2.07. The first kappa shape index (κ1) is 9.22. The van der Waals surface area contributed by atoms with Crippen molar-refractivity contribution in [3.8, 4) is 11.1 Å². The van der Waals surface area contributed by atoms with Gasteiger partial charge in [-0.2, -0.15) is 0 Å². The molecule has 0 aliphatic rings. The molecule has 1 heterocycles. The fourth-order valence-electron chi connectivity index (χ4n) is 2.14. The molecule has 0 unspecified atom stereocenters. The third-order valence-corrected chi connectivity index (χ3v) is 2.93. The molecule has 2 aromatic carbocycles. The highest BCUT2D eigenvalue weighted by atomic mass is 14.7. The molecule has 1 heteroatoms. The topological polar surface area (TPSA) is 15.8 Å². The molecule has 0 spiro atoms. The predicted octanol–water partition coefficient (Wildman–Crippen LogP) is 4.14. The Morgan fingerprint density at radius 2 is 1.75 bits per heavy atom. The van der Waals surface area contributed by atoms with Gasteiger partial charge < -0.3 is 4.98 Å². The van der Waals surface area contributed by atoms with Crippen LogP contribution in [0.15, 0.2) is 54.7 Å². The number of aromatic amines is 1. The van der Waals surface area contributed by atoms with E-state index in [1.165, 1.54) is 27.6 Å². The van der Waals surface area contributed by atoms with Crippen molar-refractivity contribution in [3.63, 3.8) is 0 Å². The van der Waals surface area contributed by atoms with E-state index in [0.717, 1.165) is 0 Å². The zero-order valence-electron chi connectivity index (χ0n) is 9.20. The number of hydrogen-bond acceptors (Lipinski definition) is 0. The van der Waals surface area contributed by atoms with Crippen LogP contribution >= 0.6 is 0 Å². The summed E-state index contributed by atoms with van der Waals surface area (Å²) in [5.74, 6) is 0. The van der Waals surface area contributed by atoms with Crippen molar-refractivity contribution in [1.82, 2.24) is 4.98 Å². The highest BCUT2D eigenvalue weighted by Crippen LogP contribution is 2.28. The number of aryl methyl sites for hydroxylation is 1. The van der Waals surface area contributed by atoms with Crippen molar-refractivity contribution in [2.75, 3.05) is 0 Å². The highest BCUT2D eigenvalue weighted by Gasteiger charge is 2.03. The van der Waals surface area contributed by atoms with Crippen LogP contribution in [0.3, 0.4) is 0 Å². The second-order valence-electron chi connectivity index (χ2n) is 4.10. The lowest BCUT2D eigenvalue weighted by Crippen LogP contribution is -1.78. The fourth-order valence-corrected chi connectivity index (χ4v) is 2.14. The molecule has 0 aliphatic carbocycles. The van der Waals surface area contributed by atoms with E-state index in [1.54, 1.807) is 0 Å². The Hall–Kier alpha value is -2.02. The molecule has 78 valence electrons. The number of benzene rings is 2. The molecular formula is C15H13N. The Bertz CT molecular complexity index is 629. The third-order valence-electron chi connectivity index (χ3n) is 2.93. The first-order valence-electron chi connectivity index (χ1n) is 5.48. The number of H-pyrrole nitrogens is 1. The summed E-state index contributed by atoms with van der Waals surface area (Å²) in [5.41, 5.74) is 3.75. The maximum Gasteiger partial charge on any atom is 0.0121 e. The average molecular weight is 207 g/mol. The SMILES string of the molecule is Cc1cc(-c2cccc3ccccc23)c[nH]1. The summed E-state index contributed by atoms with van der Waals surface area (Å²) in [7, 11) is 0. The normalized spacial score (nSPS) is 10.8. The molecule has 3 aromatic rings. The van der Waals surface area contributed by atoms with E-state index in [-0.39, 0.29) is 0 Å². The largest absolute Gasteiger partial charge is 0.365 e. The van der Waals surface area contributed by atoms with Gasteiger partial charge in [0.05, 0.1) is 0 Å². The van der Waals surface area contributed by atoms with Gasteiger partial charge in [-0.1, -0.05) is 42.5 Å². The maximum absolute atomic E-state index is 3.23. The number of rotatable bonds is 1. The summed E-state index contributed by atoms with van der Waals surface area (Å²) in [6, 6.07) is 17.1. The monoisotopic (exact) mass is 207 g/mol. The molecular weight excluding hydrogens is 194 g/mol. The molecule has 0 atom stereocenters. The number of aromatic nitrogens is 1. The third kappa shape index (κ3) is 1.41.